The molecule has 0 bridgehead atoms. The molecule has 1 atom stereocenters. The van der Waals surface area contributed by atoms with E-state index in [4.69, 9.17) is 0 Å². The van der Waals surface area contributed by atoms with E-state index in [-0.39, 0.29) is 0 Å². The molecule has 96 valence electrons. The molecule has 0 radical (unpaired) electrons. The highest BCUT2D eigenvalue weighted by Crippen LogP contribution is 2.19. The van der Waals surface area contributed by atoms with Crippen LogP contribution in [0.2, 0.25) is 0 Å². The van der Waals surface area contributed by atoms with E-state index in [1.807, 2.05) is 0 Å². The van der Waals surface area contributed by atoms with Gasteiger partial charge >= 0.3 is 0 Å². The average Bonchev–Trinajstić information content (AvgIpc) is 2.30. The Hall–Kier alpha value is -0.0800. The van der Waals surface area contributed by atoms with Crippen LogP contribution < -0.4 is 5.32 Å². The van der Waals surface area contributed by atoms with Crippen molar-refractivity contribution >= 4 is 0 Å². The van der Waals surface area contributed by atoms with Crippen molar-refractivity contribution in [3.63, 3.8) is 0 Å². The molecule has 16 heavy (non-hydrogen) atoms. The van der Waals surface area contributed by atoms with Crippen molar-refractivity contribution in [2.75, 3.05) is 26.2 Å². The maximum Gasteiger partial charge on any atom is 0.0107 e. The minimum atomic E-state index is 0.693. The Balaban J connectivity index is 2.02. The molecule has 0 saturated carbocycles. The Morgan fingerprint density at radius 3 is 2.50 bits per heavy atom. The Bertz CT molecular complexity index is 162. The summed E-state index contributed by atoms with van der Waals surface area (Å²) in [6.45, 7) is 11.9. The quantitative estimate of drug-likeness (QED) is 0.718. The van der Waals surface area contributed by atoms with E-state index in [0.29, 0.717) is 6.04 Å². The SMILES string of the molecule is CCCC(C)NCCN1CCC(CC)CC1. The third-order valence-corrected chi connectivity index (χ3v) is 3.93. The lowest BCUT2D eigenvalue weighted by molar-refractivity contribution is 0.181. The van der Waals surface area contributed by atoms with Crippen molar-refractivity contribution in [2.24, 2.45) is 5.92 Å². The van der Waals surface area contributed by atoms with Gasteiger partial charge in [0, 0.05) is 19.1 Å². The molecular formula is C14H30N2. The van der Waals surface area contributed by atoms with E-state index in [1.54, 1.807) is 0 Å². The first-order chi connectivity index (χ1) is 7.76. The van der Waals surface area contributed by atoms with Crippen LogP contribution in [0, 0.1) is 5.92 Å². The number of nitrogens with zero attached hydrogens (tertiary/aromatic N) is 1. The summed E-state index contributed by atoms with van der Waals surface area (Å²) in [6, 6.07) is 0.693. The molecule has 0 spiro atoms. The first-order valence-electron chi connectivity index (χ1n) is 7.22. The Kier molecular flexibility index (Phi) is 7.06. The van der Waals surface area contributed by atoms with Crippen LogP contribution in [0.25, 0.3) is 0 Å². The van der Waals surface area contributed by atoms with Gasteiger partial charge in [-0.25, -0.2) is 0 Å². The largest absolute Gasteiger partial charge is 0.313 e. The number of piperidine rings is 1. The number of nitrogens with one attached hydrogen (secondary N) is 1. The lowest BCUT2D eigenvalue weighted by Crippen LogP contribution is -2.40. The van der Waals surface area contributed by atoms with Gasteiger partial charge in [-0.05, 0) is 45.2 Å². The highest BCUT2D eigenvalue weighted by Gasteiger charge is 2.16. The normalized spacial score (nSPS) is 21.2. The fraction of sp³-hybridized carbons (Fsp3) is 1.00. The molecular weight excluding hydrogens is 196 g/mol. The number of hydrogen-bond donors (Lipinski definition) is 1. The zero-order chi connectivity index (χ0) is 11.8. The highest BCUT2D eigenvalue weighted by atomic mass is 15.1. The second kappa shape index (κ2) is 8.08. The topological polar surface area (TPSA) is 15.3 Å². The second-order valence-corrected chi connectivity index (χ2v) is 5.34. The molecule has 1 rings (SSSR count). The lowest BCUT2D eigenvalue weighted by Gasteiger charge is -2.31. The minimum Gasteiger partial charge on any atom is -0.313 e. The van der Waals surface area contributed by atoms with Crippen molar-refractivity contribution in [1.82, 2.24) is 10.2 Å². The predicted molar refractivity (Wildman–Crippen MR) is 71.8 cm³/mol. The van der Waals surface area contributed by atoms with Gasteiger partial charge in [0.1, 0.15) is 0 Å². The Morgan fingerprint density at radius 2 is 1.94 bits per heavy atom. The molecule has 2 heteroatoms. The van der Waals surface area contributed by atoms with Gasteiger partial charge in [0.2, 0.25) is 0 Å². The summed E-state index contributed by atoms with van der Waals surface area (Å²) < 4.78 is 0. The predicted octanol–water partition coefficient (Wildman–Crippen LogP) is 2.89. The van der Waals surface area contributed by atoms with E-state index in [1.165, 1.54) is 51.7 Å². The van der Waals surface area contributed by atoms with Gasteiger partial charge in [0.15, 0.2) is 0 Å². The van der Waals surface area contributed by atoms with Gasteiger partial charge in [-0.2, -0.15) is 0 Å². The molecule has 0 amide bonds. The van der Waals surface area contributed by atoms with Crippen molar-refractivity contribution in [1.29, 1.82) is 0 Å². The van der Waals surface area contributed by atoms with Gasteiger partial charge in [-0.1, -0.05) is 26.7 Å². The summed E-state index contributed by atoms with van der Waals surface area (Å²) >= 11 is 0. The average molecular weight is 226 g/mol. The second-order valence-electron chi connectivity index (χ2n) is 5.34. The number of likely N-dealkylation sites (tertiary alicyclic amines) is 1. The standard InChI is InChI=1S/C14H30N2/c1-4-6-13(3)15-9-12-16-10-7-14(5-2)8-11-16/h13-15H,4-12H2,1-3H3. The van der Waals surface area contributed by atoms with E-state index in [0.717, 1.165) is 12.5 Å². The van der Waals surface area contributed by atoms with E-state index < -0.39 is 0 Å². The van der Waals surface area contributed by atoms with E-state index in [2.05, 4.69) is 31.0 Å². The Morgan fingerprint density at radius 1 is 1.25 bits per heavy atom. The van der Waals surface area contributed by atoms with Crippen LogP contribution in [0.1, 0.15) is 52.9 Å². The van der Waals surface area contributed by atoms with Crippen molar-refractivity contribution in [3.05, 3.63) is 0 Å². The number of hydrogen-bond acceptors (Lipinski definition) is 2. The van der Waals surface area contributed by atoms with Crippen LogP contribution in [0.4, 0.5) is 0 Å². The molecule has 1 unspecified atom stereocenters. The van der Waals surface area contributed by atoms with Crippen LogP contribution in [0.15, 0.2) is 0 Å². The van der Waals surface area contributed by atoms with Crippen molar-refractivity contribution in [2.45, 2.75) is 58.9 Å². The molecule has 1 saturated heterocycles. The third-order valence-electron chi connectivity index (χ3n) is 3.93. The van der Waals surface area contributed by atoms with Gasteiger partial charge in [0.25, 0.3) is 0 Å². The van der Waals surface area contributed by atoms with Crippen LogP contribution in [-0.4, -0.2) is 37.1 Å². The zero-order valence-corrected chi connectivity index (χ0v) is 11.5. The van der Waals surface area contributed by atoms with Gasteiger partial charge in [-0.3, -0.25) is 0 Å². The fourth-order valence-electron chi connectivity index (χ4n) is 2.62. The molecule has 1 N–H and O–H groups in total. The van der Waals surface area contributed by atoms with Gasteiger partial charge in [-0.15, -0.1) is 0 Å². The molecule has 1 heterocycles. The highest BCUT2D eigenvalue weighted by molar-refractivity contribution is 4.72. The molecule has 0 aromatic carbocycles. The molecule has 0 aromatic heterocycles. The lowest BCUT2D eigenvalue weighted by atomic mass is 9.94. The summed E-state index contributed by atoms with van der Waals surface area (Å²) in [5.41, 5.74) is 0. The molecule has 2 nitrogen and oxygen atoms in total. The third kappa shape index (κ3) is 5.31. The van der Waals surface area contributed by atoms with Crippen LogP contribution in [0.5, 0.6) is 0 Å². The van der Waals surface area contributed by atoms with Crippen molar-refractivity contribution < 1.29 is 0 Å². The minimum absolute atomic E-state index is 0.693. The van der Waals surface area contributed by atoms with Crippen LogP contribution >= 0.6 is 0 Å². The maximum atomic E-state index is 3.61. The molecule has 1 aliphatic heterocycles. The molecule has 0 aliphatic carbocycles. The first-order valence-corrected chi connectivity index (χ1v) is 7.22. The molecule has 1 aliphatic rings. The number of rotatable bonds is 7. The van der Waals surface area contributed by atoms with Crippen LogP contribution in [-0.2, 0) is 0 Å². The zero-order valence-electron chi connectivity index (χ0n) is 11.5. The fourth-order valence-corrected chi connectivity index (χ4v) is 2.62. The van der Waals surface area contributed by atoms with Crippen LogP contribution in [0.3, 0.4) is 0 Å². The summed E-state index contributed by atoms with van der Waals surface area (Å²) in [5.74, 6) is 1.00. The van der Waals surface area contributed by atoms with Gasteiger partial charge < -0.3 is 10.2 Å². The summed E-state index contributed by atoms with van der Waals surface area (Å²) in [6.07, 6.45) is 6.80. The molecule has 0 aromatic rings. The van der Waals surface area contributed by atoms with Crippen molar-refractivity contribution in [3.8, 4) is 0 Å². The molecule has 1 fully saturated rings. The maximum absolute atomic E-state index is 3.61. The van der Waals surface area contributed by atoms with E-state index in [9.17, 15) is 0 Å². The Labute approximate surface area is 102 Å². The first kappa shape index (κ1) is 14.0. The summed E-state index contributed by atoms with van der Waals surface area (Å²) in [4.78, 5) is 2.62. The summed E-state index contributed by atoms with van der Waals surface area (Å²) in [5, 5.41) is 3.61. The summed E-state index contributed by atoms with van der Waals surface area (Å²) in [7, 11) is 0. The smallest absolute Gasteiger partial charge is 0.0107 e. The van der Waals surface area contributed by atoms with Gasteiger partial charge in [0.05, 0.1) is 0 Å². The monoisotopic (exact) mass is 226 g/mol. The van der Waals surface area contributed by atoms with E-state index >= 15 is 0 Å².